The molecule has 0 aromatic heterocycles. The Morgan fingerprint density at radius 1 is 0.767 bits per heavy atom. The van der Waals surface area contributed by atoms with Crippen molar-refractivity contribution in [1.29, 1.82) is 0 Å². The van der Waals surface area contributed by atoms with Gasteiger partial charge in [0.1, 0.15) is 5.70 Å². The number of amides is 2. The second-order valence-electron chi connectivity index (χ2n) is 7.49. The Balaban J connectivity index is 1.82. The summed E-state index contributed by atoms with van der Waals surface area (Å²) < 4.78 is 0. The lowest BCUT2D eigenvalue weighted by atomic mass is 10.0. The van der Waals surface area contributed by atoms with E-state index in [2.05, 4.69) is 5.32 Å². The van der Waals surface area contributed by atoms with E-state index in [0.29, 0.717) is 21.8 Å². The summed E-state index contributed by atoms with van der Waals surface area (Å²) in [6.45, 7) is 5.85. The molecule has 0 unspecified atom stereocenters. The molecule has 30 heavy (non-hydrogen) atoms. The van der Waals surface area contributed by atoms with E-state index in [1.54, 1.807) is 18.2 Å². The van der Waals surface area contributed by atoms with Crippen LogP contribution in [0.5, 0.6) is 0 Å². The average Bonchev–Trinajstić information content (AvgIpc) is 2.96. The Morgan fingerprint density at radius 3 is 1.97 bits per heavy atom. The molecule has 1 heterocycles. The van der Waals surface area contributed by atoms with Crippen LogP contribution in [-0.4, -0.2) is 11.8 Å². The highest BCUT2D eigenvalue weighted by Gasteiger charge is 2.40. The fourth-order valence-corrected chi connectivity index (χ4v) is 3.55. The van der Waals surface area contributed by atoms with Crippen molar-refractivity contribution in [1.82, 2.24) is 0 Å². The third kappa shape index (κ3) is 3.62. The van der Waals surface area contributed by atoms with Crippen LogP contribution in [0, 0.1) is 20.8 Å². The largest absolute Gasteiger partial charge is 0.350 e. The molecule has 0 spiro atoms. The molecule has 0 atom stereocenters. The zero-order valence-electron chi connectivity index (χ0n) is 17.0. The first kappa shape index (κ1) is 19.9. The monoisotopic (exact) mass is 416 g/mol. The molecule has 3 aromatic carbocycles. The van der Waals surface area contributed by atoms with Gasteiger partial charge >= 0.3 is 0 Å². The van der Waals surface area contributed by atoms with Crippen molar-refractivity contribution in [3.8, 4) is 0 Å². The van der Waals surface area contributed by atoms with Gasteiger partial charge < -0.3 is 5.32 Å². The van der Waals surface area contributed by atoms with Crippen LogP contribution < -0.4 is 10.2 Å². The minimum Gasteiger partial charge on any atom is -0.350 e. The van der Waals surface area contributed by atoms with Crippen LogP contribution in [-0.2, 0) is 9.59 Å². The summed E-state index contributed by atoms with van der Waals surface area (Å²) in [7, 11) is 0. The molecule has 1 N–H and O–H groups in total. The maximum atomic E-state index is 13.4. The molecule has 4 rings (SSSR count). The zero-order chi connectivity index (χ0) is 21.4. The van der Waals surface area contributed by atoms with Gasteiger partial charge in [0.2, 0.25) is 0 Å². The van der Waals surface area contributed by atoms with Crippen LogP contribution in [0.25, 0.3) is 5.57 Å². The van der Waals surface area contributed by atoms with E-state index in [9.17, 15) is 9.59 Å². The number of anilines is 2. The van der Waals surface area contributed by atoms with Crippen LogP contribution in [0.2, 0.25) is 5.02 Å². The Morgan fingerprint density at radius 2 is 1.37 bits per heavy atom. The third-order valence-corrected chi connectivity index (χ3v) is 5.57. The Labute approximate surface area is 180 Å². The Hall–Kier alpha value is -3.37. The van der Waals surface area contributed by atoms with Gasteiger partial charge in [0.05, 0.1) is 11.3 Å². The fourth-order valence-electron chi connectivity index (χ4n) is 3.37. The van der Waals surface area contributed by atoms with Crippen molar-refractivity contribution in [2.75, 3.05) is 10.2 Å². The molecule has 0 saturated heterocycles. The molecule has 0 aliphatic carbocycles. The van der Waals surface area contributed by atoms with Crippen LogP contribution in [0.1, 0.15) is 22.3 Å². The maximum Gasteiger partial charge on any atom is 0.282 e. The summed E-state index contributed by atoms with van der Waals surface area (Å²) in [4.78, 5) is 28.0. The summed E-state index contributed by atoms with van der Waals surface area (Å²) in [5.74, 6) is -0.783. The number of carbonyl (C=O) groups is 2. The minimum absolute atomic E-state index is 0.254. The molecular formula is C25H21ClN2O2. The molecule has 0 bridgehead atoms. The standard InChI is InChI=1S/C25H21ClN2O2/c1-15-4-9-18(10-5-15)22-23(27-19-11-6-16(2)7-12-19)25(30)28(24(22)29)20-13-8-17(3)21(26)14-20/h4-14,27H,1-3H3. The van der Waals surface area contributed by atoms with Gasteiger partial charge in [-0.3, -0.25) is 9.59 Å². The second-order valence-corrected chi connectivity index (χ2v) is 7.89. The second kappa shape index (κ2) is 7.81. The van der Waals surface area contributed by atoms with E-state index in [1.165, 1.54) is 4.90 Å². The van der Waals surface area contributed by atoms with Crippen molar-refractivity contribution in [2.45, 2.75) is 20.8 Å². The lowest BCUT2D eigenvalue weighted by molar-refractivity contribution is -0.120. The first-order valence-corrected chi connectivity index (χ1v) is 10.0. The third-order valence-electron chi connectivity index (χ3n) is 5.16. The topological polar surface area (TPSA) is 49.4 Å². The number of halogens is 1. The van der Waals surface area contributed by atoms with Crippen molar-refractivity contribution >= 4 is 40.4 Å². The molecule has 4 nitrogen and oxygen atoms in total. The quantitative estimate of drug-likeness (QED) is 0.558. The molecule has 1 aliphatic rings. The first-order chi connectivity index (χ1) is 14.3. The molecule has 0 saturated carbocycles. The summed E-state index contributed by atoms with van der Waals surface area (Å²) in [5, 5.41) is 3.68. The number of benzene rings is 3. The average molecular weight is 417 g/mol. The lowest BCUT2D eigenvalue weighted by Gasteiger charge is -2.16. The zero-order valence-corrected chi connectivity index (χ0v) is 17.7. The molecule has 2 amide bonds. The van der Waals surface area contributed by atoms with Gasteiger partial charge in [0, 0.05) is 10.7 Å². The van der Waals surface area contributed by atoms with E-state index >= 15 is 0 Å². The van der Waals surface area contributed by atoms with E-state index < -0.39 is 5.91 Å². The molecule has 0 radical (unpaired) electrons. The Kier molecular flexibility index (Phi) is 5.18. The summed E-state index contributed by atoms with van der Waals surface area (Å²) in [6.07, 6.45) is 0. The number of aryl methyl sites for hydroxylation is 3. The predicted molar refractivity (Wildman–Crippen MR) is 122 cm³/mol. The number of imide groups is 1. The lowest BCUT2D eigenvalue weighted by Crippen LogP contribution is -2.32. The summed E-state index contributed by atoms with van der Waals surface area (Å²) in [5.41, 5.74) is 5.54. The molecule has 0 fully saturated rings. The van der Waals surface area contributed by atoms with Crippen LogP contribution >= 0.6 is 11.6 Å². The van der Waals surface area contributed by atoms with Crippen LogP contribution in [0.15, 0.2) is 72.4 Å². The highest BCUT2D eigenvalue weighted by atomic mass is 35.5. The fraction of sp³-hybridized carbons (Fsp3) is 0.120. The maximum absolute atomic E-state index is 13.4. The van der Waals surface area contributed by atoms with Gasteiger partial charge in [-0.2, -0.15) is 0 Å². The van der Waals surface area contributed by atoms with E-state index in [0.717, 1.165) is 22.4 Å². The number of rotatable bonds is 4. The smallest absolute Gasteiger partial charge is 0.282 e. The SMILES string of the molecule is Cc1ccc(NC2=C(c3ccc(C)cc3)C(=O)N(c3ccc(C)c(Cl)c3)C2=O)cc1. The number of hydrogen-bond donors (Lipinski definition) is 1. The van der Waals surface area contributed by atoms with Crippen molar-refractivity contribution < 1.29 is 9.59 Å². The highest BCUT2D eigenvalue weighted by molar-refractivity contribution is 6.46. The van der Waals surface area contributed by atoms with Gasteiger partial charge in [-0.25, -0.2) is 4.90 Å². The van der Waals surface area contributed by atoms with Gasteiger partial charge in [0.25, 0.3) is 11.8 Å². The van der Waals surface area contributed by atoms with E-state index in [-0.39, 0.29) is 11.6 Å². The summed E-state index contributed by atoms with van der Waals surface area (Å²) >= 11 is 6.26. The molecular weight excluding hydrogens is 396 g/mol. The van der Waals surface area contributed by atoms with Crippen LogP contribution in [0.3, 0.4) is 0 Å². The number of nitrogens with one attached hydrogen (secondary N) is 1. The van der Waals surface area contributed by atoms with Gasteiger partial charge in [0.15, 0.2) is 0 Å². The number of nitrogens with zero attached hydrogens (tertiary/aromatic N) is 1. The van der Waals surface area contributed by atoms with E-state index in [1.807, 2.05) is 69.3 Å². The molecule has 3 aromatic rings. The minimum atomic E-state index is -0.406. The first-order valence-electron chi connectivity index (χ1n) is 9.65. The molecule has 1 aliphatic heterocycles. The van der Waals surface area contributed by atoms with E-state index in [4.69, 9.17) is 11.6 Å². The van der Waals surface area contributed by atoms with Crippen molar-refractivity contribution in [2.24, 2.45) is 0 Å². The normalized spacial score (nSPS) is 13.9. The summed E-state index contributed by atoms with van der Waals surface area (Å²) in [6, 6.07) is 20.4. The Bertz CT molecular complexity index is 1180. The number of carbonyl (C=O) groups excluding carboxylic acids is 2. The van der Waals surface area contributed by atoms with Gasteiger partial charge in [-0.05, 0) is 56.2 Å². The van der Waals surface area contributed by atoms with Crippen molar-refractivity contribution in [3.05, 3.63) is 99.7 Å². The highest BCUT2D eigenvalue weighted by Crippen LogP contribution is 2.35. The number of hydrogen-bond acceptors (Lipinski definition) is 3. The predicted octanol–water partition coefficient (Wildman–Crippen LogP) is 5.66. The van der Waals surface area contributed by atoms with Gasteiger partial charge in [-0.15, -0.1) is 0 Å². The molecule has 150 valence electrons. The molecule has 5 heteroatoms. The van der Waals surface area contributed by atoms with Crippen molar-refractivity contribution in [3.63, 3.8) is 0 Å². The van der Waals surface area contributed by atoms with Crippen LogP contribution in [0.4, 0.5) is 11.4 Å². The van der Waals surface area contributed by atoms with Gasteiger partial charge in [-0.1, -0.05) is 65.2 Å².